The van der Waals surface area contributed by atoms with Gasteiger partial charge < -0.3 is 30.6 Å². The zero-order chi connectivity index (χ0) is 21.1. The topological polar surface area (TPSA) is 122 Å². The Hall–Kier alpha value is -1.92. The zero-order valence-corrected chi connectivity index (χ0v) is 16.4. The summed E-state index contributed by atoms with van der Waals surface area (Å²) in [6, 6.07) is 1.73. The summed E-state index contributed by atoms with van der Waals surface area (Å²) in [5.41, 5.74) is 5.27. The van der Waals surface area contributed by atoms with Gasteiger partial charge in [-0.1, -0.05) is 0 Å². The Morgan fingerprint density at radius 1 is 1.27 bits per heavy atom. The van der Waals surface area contributed by atoms with Gasteiger partial charge in [-0.25, -0.2) is 18.7 Å². The highest BCUT2D eigenvalue weighted by Crippen LogP contribution is 2.48. The molecule has 30 heavy (non-hydrogen) atoms. The molecule has 11 heteroatoms. The fraction of sp³-hybridized carbons (Fsp3) is 0.684. The van der Waals surface area contributed by atoms with Gasteiger partial charge in [0.2, 0.25) is 0 Å². The first-order valence-electron chi connectivity index (χ1n) is 10.2. The van der Waals surface area contributed by atoms with E-state index in [1.807, 2.05) is 4.90 Å². The molecule has 1 spiro atoms. The van der Waals surface area contributed by atoms with Crippen LogP contribution in [0.25, 0.3) is 11.0 Å². The summed E-state index contributed by atoms with van der Waals surface area (Å²) in [6.07, 6.45) is -0.656. The van der Waals surface area contributed by atoms with Crippen molar-refractivity contribution < 1.29 is 23.7 Å². The number of nitrogens with one attached hydrogen (secondary N) is 1. The fourth-order valence-electron chi connectivity index (χ4n) is 5.08. The van der Waals surface area contributed by atoms with Crippen molar-refractivity contribution in [1.82, 2.24) is 24.8 Å². The van der Waals surface area contributed by atoms with Crippen LogP contribution in [0.15, 0.2) is 18.6 Å². The van der Waals surface area contributed by atoms with Crippen LogP contribution in [-0.4, -0.2) is 86.6 Å². The molecular weight excluding hydrogens is 398 g/mol. The first-order chi connectivity index (χ1) is 14.3. The number of nitrogen functional groups attached to an aromatic ring is 1. The van der Waals surface area contributed by atoms with Crippen LogP contribution in [0.3, 0.4) is 0 Å². The third kappa shape index (κ3) is 2.99. The lowest BCUT2D eigenvalue weighted by molar-refractivity contribution is -0.136. The van der Waals surface area contributed by atoms with Gasteiger partial charge in [0.1, 0.15) is 36.1 Å². The second-order valence-electron chi connectivity index (χ2n) is 8.66. The number of halogens is 2. The predicted octanol–water partition coefficient (Wildman–Crippen LogP) is -0.0466. The number of ether oxygens (including phenoxy) is 1. The van der Waals surface area contributed by atoms with Crippen LogP contribution in [0.5, 0.6) is 0 Å². The van der Waals surface area contributed by atoms with E-state index < -0.39 is 35.9 Å². The normalized spacial score (nSPS) is 36.8. The minimum Gasteiger partial charge on any atom is -0.387 e. The molecule has 164 valence electrons. The molecule has 3 aliphatic heterocycles. The lowest BCUT2D eigenvalue weighted by atomic mass is 9.76. The van der Waals surface area contributed by atoms with Gasteiger partial charge >= 0.3 is 0 Å². The molecule has 3 aliphatic rings. The van der Waals surface area contributed by atoms with E-state index in [0.717, 1.165) is 0 Å². The van der Waals surface area contributed by atoms with E-state index in [4.69, 9.17) is 10.5 Å². The maximum atomic E-state index is 14.6. The minimum absolute atomic E-state index is 0.157. The number of hydrogen-bond donors (Lipinski definition) is 4. The van der Waals surface area contributed by atoms with E-state index in [-0.39, 0.29) is 26.1 Å². The van der Waals surface area contributed by atoms with Gasteiger partial charge in [-0.2, -0.15) is 0 Å². The SMILES string of the molecule is Nc1ncnc2c1ccn2[C@@H]1O[C@H](CN2CCC3(CNCCC3(F)F)C2)[C@@H](O)[C@H]1O. The number of hydrogen-bond acceptors (Lipinski definition) is 8. The van der Waals surface area contributed by atoms with Crippen LogP contribution in [0.1, 0.15) is 19.1 Å². The molecular formula is C19H26F2N6O3. The van der Waals surface area contributed by atoms with E-state index >= 15 is 0 Å². The van der Waals surface area contributed by atoms with Gasteiger partial charge in [0, 0.05) is 38.8 Å². The van der Waals surface area contributed by atoms with Gasteiger partial charge in [0.05, 0.1) is 10.8 Å². The summed E-state index contributed by atoms with van der Waals surface area (Å²) in [4.78, 5) is 10.1. The van der Waals surface area contributed by atoms with Crippen molar-refractivity contribution in [3.63, 3.8) is 0 Å². The van der Waals surface area contributed by atoms with E-state index in [9.17, 15) is 19.0 Å². The van der Waals surface area contributed by atoms with Gasteiger partial charge in [-0.3, -0.25) is 4.90 Å². The maximum Gasteiger partial charge on any atom is 0.257 e. The highest BCUT2D eigenvalue weighted by molar-refractivity contribution is 5.86. The molecule has 0 aliphatic carbocycles. The molecule has 3 fully saturated rings. The molecule has 1 unspecified atom stereocenters. The molecule has 5 atom stereocenters. The second kappa shape index (κ2) is 7.06. The van der Waals surface area contributed by atoms with E-state index in [1.165, 1.54) is 6.33 Å². The predicted molar refractivity (Wildman–Crippen MR) is 104 cm³/mol. The average molecular weight is 424 g/mol. The Morgan fingerprint density at radius 3 is 2.90 bits per heavy atom. The molecule has 0 aromatic carbocycles. The Morgan fingerprint density at radius 2 is 2.10 bits per heavy atom. The number of piperidine rings is 1. The average Bonchev–Trinajstić information content (AvgIpc) is 3.39. The molecule has 2 aromatic rings. The molecule has 9 nitrogen and oxygen atoms in total. The van der Waals surface area contributed by atoms with Gasteiger partial charge in [-0.15, -0.1) is 0 Å². The van der Waals surface area contributed by atoms with Crippen LogP contribution < -0.4 is 11.1 Å². The fourth-order valence-corrected chi connectivity index (χ4v) is 5.08. The number of aliphatic hydroxyl groups excluding tert-OH is 2. The molecule has 0 bridgehead atoms. The molecule has 5 rings (SSSR count). The van der Waals surface area contributed by atoms with Crippen molar-refractivity contribution in [3.8, 4) is 0 Å². The smallest absolute Gasteiger partial charge is 0.257 e. The lowest BCUT2D eigenvalue weighted by Crippen LogP contribution is -2.55. The number of likely N-dealkylation sites (tertiary alicyclic amines) is 1. The van der Waals surface area contributed by atoms with E-state index in [1.54, 1.807) is 16.8 Å². The van der Waals surface area contributed by atoms with Crippen molar-refractivity contribution in [2.75, 3.05) is 38.5 Å². The Bertz CT molecular complexity index is 942. The summed E-state index contributed by atoms with van der Waals surface area (Å²) in [5.74, 6) is -2.40. The minimum atomic E-state index is -2.71. The third-order valence-electron chi connectivity index (χ3n) is 6.88. The Kier molecular flexibility index (Phi) is 4.71. The Balaban J connectivity index is 1.32. The third-order valence-corrected chi connectivity index (χ3v) is 6.88. The van der Waals surface area contributed by atoms with Crippen molar-refractivity contribution >= 4 is 16.9 Å². The summed E-state index contributed by atoms with van der Waals surface area (Å²) < 4.78 is 36.8. The first-order valence-corrected chi connectivity index (χ1v) is 10.2. The zero-order valence-electron chi connectivity index (χ0n) is 16.4. The number of rotatable bonds is 3. The van der Waals surface area contributed by atoms with Gasteiger partial charge in [-0.05, 0) is 19.0 Å². The van der Waals surface area contributed by atoms with Crippen LogP contribution in [0, 0.1) is 5.41 Å². The highest BCUT2D eigenvalue weighted by atomic mass is 19.3. The molecule has 5 N–H and O–H groups in total. The summed E-state index contributed by atoms with van der Waals surface area (Å²) in [7, 11) is 0. The van der Waals surface area contributed by atoms with Gasteiger partial charge in [0.25, 0.3) is 5.92 Å². The molecule has 5 heterocycles. The molecule has 2 aromatic heterocycles. The van der Waals surface area contributed by atoms with Crippen LogP contribution in [0.2, 0.25) is 0 Å². The van der Waals surface area contributed by atoms with Gasteiger partial charge in [0.15, 0.2) is 6.23 Å². The second-order valence-corrected chi connectivity index (χ2v) is 8.66. The van der Waals surface area contributed by atoms with Crippen molar-refractivity contribution in [3.05, 3.63) is 18.6 Å². The standard InChI is InChI=1S/C19H26F2N6O3/c20-19(21)2-4-23-8-18(19)3-6-26(9-18)7-12-13(28)14(29)17(30-12)27-5-1-11-15(22)24-10-25-16(11)27/h1,5,10,12-14,17,23,28-29H,2-4,6-9H2,(H2,22,24,25)/t12-,13-,14-,17-,18?/m1/s1. The number of aliphatic hydroxyl groups is 2. The molecule has 3 saturated heterocycles. The summed E-state index contributed by atoms with van der Waals surface area (Å²) in [5, 5.41) is 24.9. The molecule has 0 amide bonds. The number of nitrogens with two attached hydrogens (primary N) is 1. The number of fused-ring (bicyclic) bond motifs is 1. The van der Waals surface area contributed by atoms with Crippen LogP contribution in [-0.2, 0) is 4.74 Å². The number of alkyl halides is 2. The van der Waals surface area contributed by atoms with Crippen molar-refractivity contribution in [2.45, 2.75) is 43.3 Å². The lowest BCUT2D eigenvalue weighted by Gasteiger charge is -2.41. The number of nitrogens with zero attached hydrogens (tertiary/aromatic N) is 4. The van der Waals surface area contributed by atoms with E-state index in [2.05, 4.69) is 15.3 Å². The summed E-state index contributed by atoms with van der Waals surface area (Å²) in [6.45, 7) is 1.61. The Labute approximate surface area is 171 Å². The van der Waals surface area contributed by atoms with Crippen LogP contribution in [0.4, 0.5) is 14.6 Å². The molecule has 0 saturated carbocycles. The highest BCUT2D eigenvalue weighted by Gasteiger charge is 2.58. The summed E-state index contributed by atoms with van der Waals surface area (Å²) >= 11 is 0. The number of anilines is 1. The van der Waals surface area contributed by atoms with Crippen LogP contribution >= 0.6 is 0 Å². The monoisotopic (exact) mass is 424 g/mol. The molecule has 0 radical (unpaired) electrons. The van der Waals surface area contributed by atoms with E-state index in [0.29, 0.717) is 36.4 Å². The van der Waals surface area contributed by atoms with Crippen molar-refractivity contribution in [1.29, 1.82) is 0 Å². The van der Waals surface area contributed by atoms with Crippen molar-refractivity contribution in [2.24, 2.45) is 5.41 Å². The number of aromatic nitrogens is 3. The maximum absolute atomic E-state index is 14.6. The quantitative estimate of drug-likeness (QED) is 0.541. The first kappa shape index (κ1) is 20.0. The largest absolute Gasteiger partial charge is 0.387 e.